The van der Waals surface area contributed by atoms with Crippen molar-refractivity contribution in [3.8, 4) is 0 Å². The van der Waals surface area contributed by atoms with Gasteiger partial charge in [-0.1, -0.05) is 12.2 Å². The topological polar surface area (TPSA) is 26.3 Å². The highest BCUT2D eigenvalue weighted by molar-refractivity contribution is 5.76. The fraction of sp³-hybridized carbons (Fsp3) is 0.636. The van der Waals surface area contributed by atoms with Crippen LogP contribution in [0, 0.1) is 17.8 Å². The maximum absolute atomic E-state index is 11.5. The van der Waals surface area contributed by atoms with E-state index in [-0.39, 0.29) is 11.4 Å². The van der Waals surface area contributed by atoms with E-state index >= 15 is 0 Å². The second-order valence-corrected chi connectivity index (χ2v) is 4.05. The van der Waals surface area contributed by atoms with Crippen molar-refractivity contribution in [3.63, 3.8) is 0 Å². The number of hydrogen-bond donors (Lipinski definition) is 0. The molecule has 1 unspecified atom stereocenters. The molecule has 1 radical (unpaired) electrons. The normalized spacial score (nSPS) is 22.8. The fourth-order valence-corrected chi connectivity index (χ4v) is 1.70. The van der Waals surface area contributed by atoms with Crippen LogP contribution in [0.15, 0.2) is 12.2 Å². The number of carbonyl (C=O) groups is 1. The standard InChI is InChI=1S/C11H17O2/c1-11(2,10(12)13-3)9-7-5-4-6-8-9/h4-6,9H,7-8H2,1-3H3. The average Bonchev–Trinajstić information content (AvgIpc) is 2.18. The lowest BCUT2D eigenvalue weighted by Crippen LogP contribution is -2.34. The van der Waals surface area contributed by atoms with Crippen LogP contribution in [-0.4, -0.2) is 13.1 Å². The van der Waals surface area contributed by atoms with E-state index in [0.29, 0.717) is 5.92 Å². The summed E-state index contributed by atoms with van der Waals surface area (Å²) in [6.45, 7) is 3.91. The Balaban J connectivity index is 2.67. The Morgan fingerprint density at radius 2 is 2.15 bits per heavy atom. The van der Waals surface area contributed by atoms with Gasteiger partial charge in [-0.3, -0.25) is 4.79 Å². The van der Waals surface area contributed by atoms with E-state index in [9.17, 15) is 4.79 Å². The zero-order valence-electron chi connectivity index (χ0n) is 8.54. The van der Waals surface area contributed by atoms with Gasteiger partial charge >= 0.3 is 5.97 Å². The first-order valence-corrected chi connectivity index (χ1v) is 4.65. The molecule has 0 heterocycles. The Bertz CT molecular complexity index is 216. The number of rotatable bonds is 2. The molecule has 0 aliphatic heterocycles. The molecule has 2 nitrogen and oxygen atoms in total. The number of methoxy groups -OCH3 is 1. The Morgan fingerprint density at radius 1 is 1.46 bits per heavy atom. The molecule has 1 aliphatic carbocycles. The van der Waals surface area contributed by atoms with Gasteiger partial charge in [0.05, 0.1) is 12.5 Å². The zero-order valence-corrected chi connectivity index (χ0v) is 8.54. The lowest BCUT2D eigenvalue weighted by atomic mass is 9.73. The molecular weight excluding hydrogens is 164 g/mol. The first kappa shape index (κ1) is 10.3. The molecule has 0 aromatic heterocycles. The quantitative estimate of drug-likeness (QED) is 0.611. The van der Waals surface area contributed by atoms with Crippen molar-refractivity contribution in [3.05, 3.63) is 18.6 Å². The Labute approximate surface area is 80.0 Å². The zero-order chi connectivity index (χ0) is 9.90. The van der Waals surface area contributed by atoms with Crippen LogP contribution < -0.4 is 0 Å². The molecule has 0 saturated heterocycles. The maximum atomic E-state index is 11.5. The summed E-state index contributed by atoms with van der Waals surface area (Å²) in [4.78, 5) is 11.5. The molecule has 0 bridgehead atoms. The van der Waals surface area contributed by atoms with Gasteiger partial charge in [0.1, 0.15) is 0 Å². The van der Waals surface area contributed by atoms with Gasteiger partial charge in [0, 0.05) is 0 Å². The van der Waals surface area contributed by atoms with Crippen LogP contribution in [0.5, 0.6) is 0 Å². The molecular formula is C11H17O2. The lowest BCUT2D eigenvalue weighted by molar-refractivity contribution is -0.154. The molecule has 0 aromatic rings. The fourth-order valence-electron chi connectivity index (χ4n) is 1.70. The number of carbonyl (C=O) groups excluding carboxylic acids is 1. The van der Waals surface area contributed by atoms with E-state index in [1.165, 1.54) is 7.11 Å². The molecule has 0 aromatic carbocycles. The molecule has 1 aliphatic rings. The van der Waals surface area contributed by atoms with Crippen LogP contribution >= 0.6 is 0 Å². The van der Waals surface area contributed by atoms with Gasteiger partial charge in [-0.25, -0.2) is 0 Å². The third-order valence-corrected chi connectivity index (χ3v) is 2.85. The summed E-state index contributed by atoms with van der Waals surface area (Å²) in [5.74, 6) is 0.270. The minimum Gasteiger partial charge on any atom is -0.469 e. The van der Waals surface area contributed by atoms with Gasteiger partial charge in [0.25, 0.3) is 0 Å². The summed E-state index contributed by atoms with van der Waals surface area (Å²) in [5.41, 5.74) is -0.365. The van der Waals surface area contributed by atoms with Crippen LogP contribution in [-0.2, 0) is 9.53 Å². The highest BCUT2D eigenvalue weighted by Gasteiger charge is 2.37. The summed E-state index contributed by atoms with van der Waals surface area (Å²) in [7, 11) is 1.45. The van der Waals surface area contributed by atoms with E-state index in [1.807, 2.05) is 13.8 Å². The van der Waals surface area contributed by atoms with Crippen molar-refractivity contribution in [1.82, 2.24) is 0 Å². The molecule has 0 fully saturated rings. The van der Waals surface area contributed by atoms with E-state index in [0.717, 1.165) is 12.8 Å². The van der Waals surface area contributed by atoms with Crippen molar-refractivity contribution < 1.29 is 9.53 Å². The highest BCUT2D eigenvalue weighted by Crippen LogP contribution is 2.36. The van der Waals surface area contributed by atoms with Gasteiger partial charge < -0.3 is 4.74 Å². The summed E-state index contributed by atoms with van der Waals surface area (Å²) in [6.07, 6.45) is 8.22. The van der Waals surface area contributed by atoms with E-state index in [4.69, 9.17) is 4.74 Å². The van der Waals surface area contributed by atoms with Crippen molar-refractivity contribution in [2.24, 2.45) is 11.3 Å². The predicted octanol–water partition coefficient (Wildman–Crippen LogP) is 2.36. The molecule has 1 rings (SSSR count). The minimum absolute atomic E-state index is 0.110. The Morgan fingerprint density at radius 3 is 2.62 bits per heavy atom. The van der Waals surface area contributed by atoms with Gasteiger partial charge in [-0.2, -0.15) is 0 Å². The molecule has 0 amide bonds. The van der Waals surface area contributed by atoms with Crippen molar-refractivity contribution >= 4 is 5.97 Å². The number of ether oxygens (including phenoxy) is 1. The summed E-state index contributed by atoms with van der Waals surface area (Å²) in [5, 5.41) is 0. The van der Waals surface area contributed by atoms with Crippen LogP contribution in [0.4, 0.5) is 0 Å². The van der Waals surface area contributed by atoms with E-state index < -0.39 is 0 Å². The summed E-state index contributed by atoms with van der Waals surface area (Å²) >= 11 is 0. The first-order chi connectivity index (χ1) is 6.09. The van der Waals surface area contributed by atoms with E-state index in [1.54, 1.807) is 0 Å². The molecule has 0 N–H and O–H groups in total. The number of esters is 1. The van der Waals surface area contributed by atoms with Crippen molar-refractivity contribution in [2.75, 3.05) is 7.11 Å². The Kier molecular flexibility index (Phi) is 3.12. The SMILES string of the molecule is COC(=O)C(C)(C)C1C[CH]C=CC1. The molecule has 73 valence electrons. The van der Waals surface area contributed by atoms with Crippen molar-refractivity contribution in [1.29, 1.82) is 0 Å². The third-order valence-electron chi connectivity index (χ3n) is 2.85. The molecule has 13 heavy (non-hydrogen) atoms. The van der Waals surface area contributed by atoms with Gasteiger partial charge in [-0.05, 0) is 39.0 Å². The molecule has 2 heteroatoms. The van der Waals surface area contributed by atoms with Gasteiger partial charge in [0.15, 0.2) is 0 Å². The van der Waals surface area contributed by atoms with Crippen LogP contribution in [0.1, 0.15) is 26.7 Å². The first-order valence-electron chi connectivity index (χ1n) is 4.65. The third kappa shape index (κ3) is 2.11. The van der Waals surface area contributed by atoms with Crippen molar-refractivity contribution in [2.45, 2.75) is 26.7 Å². The predicted molar refractivity (Wildman–Crippen MR) is 52.0 cm³/mol. The summed E-state index contributed by atoms with van der Waals surface area (Å²) in [6, 6.07) is 0. The molecule has 1 atom stereocenters. The second-order valence-electron chi connectivity index (χ2n) is 4.05. The Hall–Kier alpha value is -0.790. The maximum Gasteiger partial charge on any atom is 0.311 e. The van der Waals surface area contributed by atoms with Crippen LogP contribution in [0.25, 0.3) is 0 Å². The largest absolute Gasteiger partial charge is 0.469 e. The smallest absolute Gasteiger partial charge is 0.311 e. The minimum atomic E-state index is -0.365. The highest BCUT2D eigenvalue weighted by atomic mass is 16.5. The van der Waals surface area contributed by atoms with Gasteiger partial charge in [-0.15, -0.1) is 0 Å². The molecule has 0 saturated carbocycles. The number of allylic oxidation sites excluding steroid dienone is 2. The van der Waals surface area contributed by atoms with Crippen LogP contribution in [0.2, 0.25) is 0 Å². The second kappa shape index (κ2) is 3.95. The van der Waals surface area contributed by atoms with Gasteiger partial charge in [0.2, 0.25) is 0 Å². The average molecular weight is 181 g/mol. The summed E-state index contributed by atoms with van der Waals surface area (Å²) < 4.78 is 4.79. The number of hydrogen-bond acceptors (Lipinski definition) is 2. The lowest BCUT2D eigenvalue weighted by Gasteiger charge is -2.32. The van der Waals surface area contributed by atoms with Crippen LogP contribution in [0.3, 0.4) is 0 Å². The molecule has 0 spiro atoms. The monoisotopic (exact) mass is 181 g/mol. The van der Waals surface area contributed by atoms with E-state index in [2.05, 4.69) is 18.6 Å².